The van der Waals surface area contributed by atoms with Crippen LogP contribution in [0.5, 0.6) is 0 Å². The number of carbonyl (C=O) groups is 2. The first-order valence-electron chi connectivity index (χ1n) is 7.88. The number of fused-ring (bicyclic) bond motifs is 4. The van der Waals surface area contributed by atoms with Crippen LogP contribution in [0.2, 0.25) is 0 Å². The molecule has 0 spiro atoms. The molecule has 21 heavy (non-hydrogen) atoms. The van der Waals surface area contributed by atoms with Crippen LogP contribution in [0, 0.1) is 23.7 Å². The second-order valence-corrected chi connectivity index (χ2v) is 7.26. The van der Waals surface area contributed by atoms with Crippen LogP contribution in [0.15, 0.2) is 12.2 Å². The largest absolute Gasteiger partial charge is 0.481 e. The third-order valence-electron chi connectivity index (χ3n) is 5.97. The van der Waals surface area contributed by atoms with Crippen LogP contribution in [-0.2, 0) is 14.3 Å². The summed E-state index contributed by atoms with van der Waals surface area (Å²) in [5.74, 6) is -1.13. The summed E-state index contributed by atoms with van der Waals surface area (Å²) < 4.78 is 5.74. The van der Waals surface area contributed by atoms with Crippen molar-refractivity contribution in [2.75, 3.05) is 0 Å². The van der Waals surface area contributed by atoms with E-state index in [9.17, 15) is 14.7 Å². The Balaban J connectivity index is 1.53. The van der Waals surface area contributed by atoms with Crippen LogP contribution >= 0.6 is 0 Å². The van der Waals surface area contributed by atoms with Crippen molar-refractivity contribution in [3.63, 3.8) is 0 Å². The van der Waals surface area contributed by atoms with Gasteiger partial charge in [0.2, 0.25) is 5.91 Å². The predicted molar refractivity (Wildman–Crippen MR) is 74.4 cm³/mol. The zero-order valence-corrected chi connectivity index (χ0v) is 12.1. The smallest absolute Gasteiger partial charge is 0.310 e. The highest BCUT2D eigenvalue weighted by atomic mass is 16.5. The normalized spacial score (nSPS) is 49.8. The lowest BCUT2D eigenvalue weighted by molar-refractivity contribution is -0.147. The highest BCUT2D eigenvalue weighted by Crippen LogP contribution is 2.48. The summed E-state index contributed by atoms with van der Waals surface area (Å²) in [4.78, 5) is 24.2. The number of hydrogen-bond acceptors (Lipinski definition) is 3. The van der Waals surface area contributed by atoms with Crippen molar-refractivity contribution in [2.24, 2.45) is 23.7 Å². The molecule has 1 amide bonds. The number of hydrogen-bond donors (Lipinski definition) is 2. The molecule has 0 aromatic carbocycles. The Kier molecular flexibility index (Phi) is 2.74. The van der Waals surface area contributed by atoms with Gasteiger partial charge in [-0.15, -0.1) is 0 Å². The van der Waals surface area contributed by atoms with Crippen molar-refractivity contribution < 1.29 is 19.4 Å². The number of nitrogens with one attached hydrogen (secondary N) is 1. The van der Waals surface area contributed by atoms with Gasteiger partial charge in [-0.1, -0.05) is 18.6 Å². The maximum atomic E-state index is 12.7. The Morgan fingerprint density at radius 1 is 1.33 bits per heavy atom. The number of ether oxygens (including phenoxy) is 1. The third kappa shape index (κ3) is 1.86. The van der Waals surface area contributed by atoms with Gasteiger partial charge in [-0.2, -0.15) is 0 Å². The molecule has 0 unspecified atom stereocenters. The summed E-state index contributed by atoms with van der Waals surface area (Å²) in [5.41, 5.74) is -0.768. The maximum absolute atomic E-state index is 12.7. The second kappa shape index (κ2) is 4.32. The average molecular weight is 291 g/mol. The van der Waals surface area contributed by atoms with E-state index in [0.29, 0.717) is 5.92 Å². The van der Waals surface area contributed by atoms with Crippen LogP contribution in [0.4, 0.5) is 0 Å². The Labute approximate surface area is 123 Å². The molecule has 2 aliphatic carbocycles. The van der Waals surface area contributed by atoms with Crippen molar-refractivity contribution in [2.45, 2.75) is 50.4 Å². The van der Waals surface area contributed by atoms with Gasteiger partial charge < -0.3 is 15.2 Å². The summed E-state index contributed by atoms with van der Waals surface area (Å²) in [5, 5.41) is 12.6. The minimum absolute atomic E-state index is 0.144. The molecule has 7 atom stereocenters. The van der Waals surface area contributed by atoms with Gasteiger partial charge in [0.15, 0.2) is 0 Å². The highest BCUT2D eigenvalue weighted by Gasteiger charge is 2.60. The van der Waals surface area contributed by atoms with E-state index in [4.69, 9.17) is 4.74 Å². The summed E-state index contributed by atoms with van der Waals surface area (Å²) in [7, 11) is 0. The number of carbonyl (C=O) groups excluding carboxylic acids is 1. The summed E-state index contributed by atoms with van der Waals surface area (Å²) in [6.45, 7) is 1.82. The Morgan fingerprint density at radius 3 is 2.76 bits per heavy atom. The topological polar surface area (TPSA) is 75.6 Å². The molecule has 5 heteroatoms. The molecule has 4 rings (SSSR count). The van der Waals surface area contributed by atoms with Crippen LogP contribution in [0.1, 0.15) is 32.6 Å². The first-order valence-corrected chi connectivity index (χ1v) is 7.88. The number of carboxylic acid groups (broad SMARTS) is 1. The number of amides is 1. The summed E-state index contributed by atoms with van der Waals surface area (Å²) in [6.07, 6.45) is 7.90. The molecule has 2 heterocycles. The van der Waals surface area contributed by atoms with E-state index in [0.717, 1.165) is 12.3 Å². The quantitative estimate of drug-likeness (QED) is 0.769. The minimum atomic E-state index is -0.943. The number of rotatable bonds is 3. The Morgan fingerprint density at radius 2 is 2.14 bits per heavy atom. The monoisotopic (exact) mass is 291 g/mol. The fourth-order valence-electron chi connectivity index (χ4n) is 4.97. The van der Waals surface area contributed by atoms with Crippen molar-refractivity contribution in [3.8, 4) is 0 Å². The van der Waals surface area contributed by atoms with Gasteiger partial charge in [-0.05, 0) is 38.0 Å². The number of aliphatic carboxylic acids is 1. The van der Waals surface area contributed by atoms with Crippen LogP contribution in [0.25, 0.3) is 0 Å². The molecule has 2 N–H and O–H groups in total. The maximum Gasteiger partial charge on any atom is 0.310 e. The molecular formula is C16H21NO4. The van der Waals surface area contributed by atoms with Crippen molar-refractivity contribution in [1.82, 2.24) is 5.32 Å². The van der Waals surface area contributed by atoms with E-state index in [1.165, 1.54) is 19.3 Å². The standard InChI is InChI=1S/C16H21NO4/c1-16-5-4-11(21-16)12(15(19)20)13(16)14(18)17-10-7-8-2-3-9(10)6-8/h4-5,8-13H,2-3,6-7H2,1H3,(H,17,18)(H,19,20)/t8-,9-,10-,11+,12-,13+,16-/m0/s1. The van der Waals surface area contributed by atoms with Crippen LogP contribution in [-0.4, -0.2) is 34.7 Å². The van der Waals surface area contributed by atoms with Gasteiger partial charge in [-0.25, -0.2) is 0 Å². The first-order chi connectivity index (χ1) is 9.98. The molecular weight excluding hydrogens is 270 g/mol. The van der Waals surface area contributed by atoms with Crippen LogP contribution in [0.3, 0.4) is 0 Å². The van der Waals surface area contributed by atoms with E-state index in [1.54, 1.807) is 6.08 Å². The summed E-state index contributed by atoms with van der Waals surface area (Å²) >= 11 is 0. The summed E-state index contributed by atoms with van der Waals surface area (Å²) in [6, 6.07) is 0.234. The molecule has 0 aromatic rings. The average Bonchev–Trinajstić information content (AvgIpc) is 3.14. The first kappa shape index (κ1) is 13.3. The van der Waals surface area contributed by atoms with E-state index in [-0.39, 0.29) is 11.9 Å². The molecule has 114 valence electrons. The van der Waals surface area contributed by atoms with Gasteiger partial charge in [0.05, 0.1) is 17.6 Å². The molecule has 3 fully saturated rings. The van der Waals surface area contributed by atoms with Gasteiger partial charge >= 0.3 is 5.97 Å². The van der Waals surface area contributed by atoms with E-state index in [2.05, 4.69) is 5.32 Å². The lowest BCUT2D eigenvalue weighted by atomic mass is 9.75. The zero-order chi connectivity index (χ0) is 14.8. The van der Waals surface area contributed by atoms with Gasteiger partial charge in [-0.3, -0.25) is 9.59 Å². The second-order valence-electron chi connectivity index (χ2n) is 7.26. The van der Waals surface area contributed by atoms with Crippen LogP contribution < -0.4 is 5.32 Å². The van der Waals surface area contributed by atoms with Crippen molar-refractivity contribution in [1.29, 1.82) is 0 Å². The molecule has 2 aliphatic heterocycles. The minimum Gasteiger partial charge on any atom is -0.481 e. The molecule has 0 radical (unpaired) electrons. The van der Waals surface area contributed by atoms with Gasteiger partial charge in [0.25, 0.3) is 0 Å². The molecule has 2 saturated carbocycles. The predicted octanol–water partition coefficient (Wildman–Crippen LogP) is 1.34. The molecule has 4 aliphatic rings. The lowest BCUT2D eigenvalue weighted by Gasteiger charge is -2.31. The van der Waals surface area contributed by atoms with Crippen molar-refractivity contribution >= 4 is 11.9 Å². The van der Waals surface area contributed by atoms with Gasteiger partial charge in [0, 0.05) is 6.04 Å². The lowest BCUT2D eigenvalue weighted by Crippen LogP contribution is -2.50. The van der Waals surface area contributed by atoms with E-state index in [1.807, 2.05) is 13.0 Å². The molecule has 4 bridgehead atoms. The number of carboxylic acids is 1. The Hall–Kier alpha value is -1.36. The SMILES string of the molecule is C[C@@]12C=C[C@@H](O1)[C@H](C(=O)O)[C@@H]2C(=O)N[C@H]1C[C@H]2CC[C@H]1C2. The molecule has 0 aromatic heterocycles. The fraction of sp³-hybridized carbons (Fsp3) is 0.750. The zero-order valence-electron chi connectivity index (χ0n) is 12.1. The van der Waals surface area contributed by atoms with E-state index < -0.39 is 29.5 Å². The van der Waals surface area contributed by atoms with Gasteiger partial charge in [0.1, 0.15) is 5.92 Å². The van der Waals surface area contributed by atoms with E-state index >= 15 is 0 Å². The Bertz CT molecular complexity index is 530. The highest BCUT2D eigenvalue weighted by molar-refractivity contribution is 5.88. The third-order valence-corrected chi connectivity index (χ3v) is 5.97. The van der Waals surface area contributed by atoms with Crippen molar-refractivity contribution in [3.05, 3.63) is 12.2 Å². The molecule has 1 saturated heterocycles. The molecule has 5 nitrogen and oxygen atoms in total. The fourth-order valence-corrected chi connectivity index (χ4v) is 4.97.